The summed E-state index contributed by atoms with van der Waals surface area (Å²) in [6.45, 7) is 0. The molecule has 23 heavy (non-hydrogen) atoms. The summed E-state index contributed by atoms with van der Waals surface area (Å²) in [7, 11) is 1.65. The zero-order valence-corrected chi connectivity index (χ0v) is 13.9. The molecule has 0 spiro atoms. The summed E-state index contributed by atoms with van der Waals surface area (Å²) < 4.78 is 7.23. The van der Waals surface area contributed by atoms with Crippen molar-refractivity contribution in [3.8, 4) is 17.2 Å². The van der Waals surface area contributed by atoms with Crippen LogP contribution in [0.5, 0.6) is 17.2 Å². The zero-order chi connectivity index (χ0) is 15.3. The van der Waals surface area contributed by atoms with E-state index in [4.69, 9.17) is 4.74 Å². The third-order valence-corrected chi connectivity index (χ3v) is 3.96. The number of fused-ring (bicyclic) bond motifs is 4. The summed E-state index contributed by atoms with van der Waals surface area (Å²) >= 11 is 0. The number of nitrogens with zero attached hydrogens (tertiary/aromatic N) is 1. The monoisotopic (exact) mass is 371 g/mol. The maximum Gasteiger partial charge on any atom is 0.219 e. The fourth-order valence-corrected chi connectivity index (χ4v) is 2.87. The topological polar surface area (TPSA) is 53.8 Å². The maximum atomic E-state index is 10.0. The Bertz CT molecular complexity index is 1050. The van der Waals surface area contributed by atoms with Crippen molar-refractivity contribution in [1.82, 2.24) is 0 Å². The van der Waals surface area contributed by atoms with Crippen molar-refractivity contribution >= 4 is 27.1 Å². The summed E-state index contributed by atoms with van der Waals surface area (Å²) in [5.74, 6) is 0.934. The maximum absolute atomic E-state index is 10.0. The predicted molar refractivity (Wildman–Crippen MR) is 84.5 cm³/mol. The summed E-state index contributed by atoms with van der Waals surface area (Å²) in [5.41, 5.74) is 0.998. The molecule has 2 aromatic carbocycles. The van der Waals surface area contributed by atoms with Crippen LogP contribution >= 0.6 is 0 Å². The predicted octanol–water partition coefficient (Wildman–Crippen LogP) is 0.155. The van der Waals surface area contributed by atoms with E-state index in [1.807, 2.05) is 47.1 Å². The van der Waals surface area contributed by atoms with Crippen LogP contribution in [0.4, 0.5) is 0 Å². The second-order valence-electron chi connectivity index (χ2n) is 5.30. The van der Waals surface area contributed by atoms with Crippen LogP contribution in [0.1, 0.15) is 0 Å². The van der Waals surface area contributed by atoms with Crippen molar-refractivity contribution in [3.63, 3.8) is 0 Å². The van der Waals surface area contributed by atoms with Gasteiger partial charge in [-0.25, -0.2) is 0 Å². The van der Waals surface area contributed by atoms with Crippen molar-refractivity contribution in [3.05, 3.63) is 54.9 Å². The number of phenols is 2. The molecule has 4 aromatic rings. The van der Waals surface area contributed by atoms with Crippen LogP contribution in [-0.2, 0) is 0 Å². The molecule has 2 heterocycles. The molecule has 0 saturated heterocycles. The molecule has 0 amide bonds. The number of pyridine rings is 2. The van der Waals surface area contributed by atoms with Crippen molar-refractivity contribution in [1.29, 1.82) is 0 Å². The quantitative estimate of drug-likeness (QED) is 0.284. The highest BCUT2D eigenvalue weighted by Gasteiger charge is 2.13. The van der Waals surface area contributed by atoms with E-state index in [9.17, 15) is 10.2 Å². The van der Waals surface area contributed by atoms with Crippen molar-refractivity contribution in [2.24, 2.45) is 0 Å². The summed E-state index contributed by atoms with van der Waals surface area (Å²) in [4.78, 5) is 0. The second kappa shape index (κ2) is 5.59. The van der Waals surface area contributed by atoms with Gasteiger partial charge in [-0.15, -0.1) is 0 Å². The molecular weight excluding hydrogens is 358 g/mol. The van der Waals surface area contributed by atoms with Gasteiger partial charge in [0.25, 0.3) is 0 Å². The lowest BCUT2D eigenvalue weighted by atomic mass is 10.1. The highest BCUT2D eigenvalue weighted by atomic mass is 79.9. The third-order valence-electron chi connectivity index (χ3n) is 3.96. The smallest absolute Gasteiger partial charge is 0.219 e. The molecule has 116 valence electrons. The molecule has 0 radical (unpaired) electrons. The summed E-state index contributed by atoms with van der Waals surface area (Å²) in [6.07, 6.45) is 3.81. The van der Waals surface area contributed by atoms with E-state index in [2.05, 4.69) is 0 Å². The lowest BCUT2D eigenvalue weighted by molar-refractivity contribution is -0.509. The molecule has 2 aromatic heterocycles. The first-order valence-corrected chi connectivity index (χ1v) is 6.93. The molecule has 0 fully saturated rings. The minimum Gasteiger partial charge on any atom is -1.00 e. The Morgan fingerprint density at radius 3 is 2.52 bits per heavy atom. The van der Waals surface area contributed by atoms with Crippen LogP contribution in [0.15, 0.2) is 54.9 Å². The summed E-state index contributed by atoms with van der Waals surface area (Å²) in [6, 6.07) is 12.9. The number of methoxy groups -OCH3 is 1. The van der Waals surface area contributed by atoms with Crippen LogP contribution in [0.2, 0.25) is 0 Å². The van der Waals surface area contributed by atoms with Gasteiger partial charge < -0.3 is 31.9 Å². The Morgan fingerprint density at radius 2 is 1.74 bits per heavy atom. The number of hydrogen-bond donors (Lipinski definition) is 2. The van der Waals surface area contributed by atoms with Crippen molar-refractivity contribution in [2.45, 2.75) is 0 Å². The minimum atomic E-state index is 0. The van der Waals surface area contributed by atoms with E-state index in [0.29, 0.717) is 5.39 Å². The molecular formula is C18H14BrNO3. The highest BCUT2D eigenvalue weighted by Crippen LogP contribution is 2.31. The highest BCUT2D eigenvalue weighted by molar-refractivity contribution is 5.99. The van der Waals surface area contributed by atoms with E-state index >= 15 is 0 Å². The van der Waals surface area contributed by atoms with Gasteiger partial charge in [0, 0.05) is 23.6 Å². The number of aromatic hydroxyl groups is 2. The van der Waals surface area contributed by atoms with Gasteiger partial charge in [0.2, 0.25) is 5.52 Å². The molecule has 5 heteroatoms. The fraction of sp³-hybridized carbons (Fsp3) is 0.0556. The first kappa shape index (κ1) is 15.4. The molecule has 0 bridgehead atoms. The number of ether oxygens (including phenoxy) is 1. The molecule has 0 saturated carbocycles. The molecule has 0 aliphatic carbocycles. The zero-order valence-electron chi connectivity index (χ0n) is 12.3. The van der Waals surface area contributed by atoms with Gasteiger partial charge in [0.05, 0.1) is 17.9 Å². The minimum absolute atomic E-state index is 0. The number of phenolic OH excluding ortho intramolecular Hbond substituents is 2. The van der Waals surface area contributed by atoms with Crippen LogP contribution in [0, 0.1) is 0 Å². The Kier molecular flexibility index (Phi) is 3.74. The standard InChI is InChI=1S/C18H13NO3.BrH/c1-22-14-2-3-15-11(7-14)4-5-19-10-16-12(8-17(15)19)6-13(20)9-18(16)21;/h2-10H,1H3,(H,20,21);1H. The van der Waals surface area contributed by atoms with E-state index in [1.165, 1.54) is 6.07 Å². The molecule has 4 rings (SSSR count). The third kappa shape index (κ3) is 2.43. The van der Waals surface area contributed by atoms with Crippen molar-refractivity contribution in [2.75, 3.05) is 7.11 Å². The summed E-state index contributed by atoms with van der Waals surface area (Å²) in [5, 5.41) is 23.3. The Balaban J connectivity index is 0.00000156. The fourth-order valence-electron chi connectivity index (χ4n) is 2.87. The van der Waals surface area contributed by atoms with Crippen LogP contribution in [-0.4, -0.2) is 17.3 Å². The van der Waals surface area contributed by atoms with Gasteiger partial charge in [-0.05, 0) is 29.7 Å². The van der Waals surface area contributed by atoms with E-state index < -0.39 is 0 Å². The van der Waals surface area contributed by atoms with E-state index in [-0.39, 0.29) is 28.5 Å². The SMILES string of the molecule is COc1ccc2c(cc[n+]3cc4c(O)cc(O)cc4cc23)c1.[Br-]. The second-order valence-corrected chi connectivity index (χ2v) is 5.30. The Hall–Kier alpha value is -2.53. The van der Waals surface area contributed by atoms with Gasteiger partial charge in [-0.1, -0.05) is 0 Å². The molecule has 0 unspecified atom stereocenters. The Labute approximate surface area is 143 Å². The largest absolute Gasteiger partial charge is 1.00 e. The molecule has 4 nitrogen and oxygen atoms in total. The van der Waals surface area contributed by atoms with E-state index in [1.54, 1.807) is 13.2 Å². The Morgan fingerprint density at radius 1 is 0.913 bits per heavy atom. The van der Waals surface area contributed by atoms with Crippen molar-refractivity contribution < 1.29 is 36.3 Å². The molecule has 2 N–H and O–H groups in total. The number of aromatic nitrogens is 1. The average molecular weight is 372 g/mol. The number of hydrogen-bond acceptors (Lipinski definition) is 3. The van der Waals surface area contributed by atoms with Crippen LogP contribution in [0.25, 0.3) is 27.1 Å². The van der Waals surface area contributed by atoms with Gasteiger partial charge in [0.1, 0.15) is 17.2 Å². The van der Waals surface area contributed by atoms with E-state index in [0.717, 1.165) is 27.4 Å². The van der Waals surface area contributed by atoms with Gasteiger partial charge in [-0.2, -0.15) is 4.40 Å². The van der Waals surface area contributed by atoms with Gasteiger partial charge in [0.15, 0.2) is 12.4 Å². The first-order valence-electron chi connectivity index (χ1n) is 6.93. The molecule has 0 aliphatic rings. The first-order chi connectivity index (χ1) is 10.7. The molecule has 0 atom stereocenters. The van der Waals surface area contributed by atoms with Gasteiger partial charge in [-0.3, -0.25) is 0 Å². The lowest BCUT2D eigenvalue weighted by Crippen LogP contribution is -3.00. The van der Waals surface area contributed by atoms with Crippen LogP contribution in [0.3, 0.4) is 0 Å². The van der Waals surface area contributed by atoms with Gasteiger partial charge >= 0.3 is 0 Å². The number of rotatable bonds is 1. The van der Waals surface area contributed by atoms with Crippen LogP contribution < -0.4 is 26.1 Å². The normalized spacial score (nSPS) is 10.8. The molecule has 0 aliphatic heterocycles. The average Bonchev–Trinajstić information content (AvgIpc) is 2.52. The lowest BCUT2D eigenvalue weighted by Gasteiger charge is -2.05. The number of halogens is 1. The number of benzene rings is 2.